The molecule has 2 amide bonds. The molecule has 1 aliphatic rings. The van der Waals surface area contributed by atoms with Crippen LogP contribution in [-0.2, 0) is 4.74 Å². The fourth-order valence-electron chi connectivity index (χ4n) is 3.72. The Kier molecular flexibility index (Phi) is 5.33. The Hall–Kier alpha value is -4.11. The number of imide groups is 1. The summed E-state index contributed by atoms with van der Waals surface area (Å²) >= 11 is 1.46. The summed E-state index contributed by atoms with van der Waals surface area (Å²) in [6.45, 7) is 5.35. The minimum absolute atomic E-state index is 0.146. The second-order valence-corrected chi connectivity index (χ2v) is 8.91. The van der Waals surface area contributed by atoms with Crippen LogP contribution in [0, 0.1) is 13.8 Å². The number of ether oxygens (including phenoxy) is 1. The predicted octanol–water partition coefficient (Wildman–Crippen LogP) is 5.13. The number of aryl methyl sites for hydroxylation is 2. The molecule has 170 valence electrons. The van der Waals surface area contributed by atoms with Crippen molar-refractivity contribution in [1.29, 1.82) is 0 Å². The smallest absolute Gasteiger partial charge is 0.338 e. The minimum atomic E-state index is -0.800. The molecule has 2 aromatic heterocycles. The maximum absolute atomic E-state index is 13.1. The second kappa shape index (κ2) is 8.35. The van der Waals surface area contributed by atoms with E-state index in [1.165, 1.54) is 29.5 Å². The van der Waals surface area contributed by atoms with Gasteiger partial charge in [-0.1, -0.05) is 18.2 Å². The van der Waals surface area contributed by atoms with Gasteiger partial charge in [0.25, 0.3) is 23.6 Å². The molecule has 2 aromatic carbocycles. The molecule has 0 spiro atoms. The van der Waals surface area contributed by atoms with Crippen molar-refractivity contribution >= 4 is 34.8 Å². The number of fused-ring (bicyclic) bond motifs is 1. The normalized spacial score (nSPS) is 13.8. The summed E-state index contributed by atoms with van der Waals surface area (Å²) < 4.78 is 11.1. The zero-order valence-electron chi connectivity index (χ0n) is 18.6. The van der Waals surface area contributed by atoms with E-state index in [9.17, 15) is 14.4 Å². The van der Waals surface area contributed by atoms with E-state index in [0.29, 0.717) is 11.6 Å². The standard InChI is InChI=1S/C25H19N3O5S/c1-13-6-7-14(2)19(11-13)28-23(29)17-9-8-16(12-18(17)24(28)30)25(31)32-15(3)21-26-27-22(33-21)20-5-4-10-34-20/h4-12,15H,1-3H3. The molecule has 0 radical (unpaired) electrons. The highest BCUT2D eigenvalue weighted by Gasteiger charge is 2.38. The van der Waals surface area contributed by atoms with Gasteiger partial charge in [-0.2, -0.15) is 0 Å². The minimum Gasteiger partial charge on any atom is -0.449 e. The van der Waals surface area contributed by atoms with Crippen LogP contribution in [0.4, 0.5) is 5.69 Å². The zero-order valence-corrected chi connectivity index (χ0v) is 19.4. The van der Waals surface area contributed by atoms with Crippen molar-refractivity contribution in [3.05, 3.63) is 87.6 Å². The van der Waals surface area contributed by atoms with E-state index < -0.39 is 23.9 Å². The van der Waals surface area contributed by atoms with Crippen LogP contribution >= 0.6 is 11.3 Å². The van der Waals surface area contributed by atoms with Crippen molar-refractivity contribution in [2.24, 2.45) is 0 Å². The Morgan fingerprint density at radius 3 is 2.59 bits per heavy atom. The van der Waals surface area contributed by atoms with Crippen molar-refractivity contribution in [3.63, 3.8) is 0 Å². The number of hydrogen-bond acceptors (Lipinski definition) is 8. The van der Waals surface area contributed by atoms with Gasteiger partial charge in [0.2, 0.25) is 0 Å². The Morgan fingerprint density at radius 1 is 1.03 bits per heavy atom. The largest absolute Gasteiger partial charge is 0.449 e. The number of esters is 1. The van der Waals surface area contributed by atoms with Crippen molar-refractivity contribution in [2.45, 2.75) is 26.9 Å². The van der Waals surface area contributed by atoms with Crippen molar-refractivity contribution in [1.82, 2.24) is 10.2 Å². The van der Waals surface area contributed by atoms with Crippen LogP contribution in [0.2, 0.25) is 0 Å². The van der Waals surface area contributed by atoms with Gasteiger partial charge in [0.1, 0.15) is 0 Å². The number of amides is 2. The van der Waals surface area contributed by atoms with Gasteiger partial charge in [-0.25, -0.2) is 9.69 Å². The summed E-state index contributed by atoms with van der Waals surface area (Å²) in [5, 5.41) is 9.85. The van der Waals surface area contributed by atoms with Crippen LogP contribution in [0.25, 0.3) is 10.8 Å². The third-order valence-corrected chi connectivity index (χ3v) is 6.39. The first-order valence-electron chi connectivity index (χ1n) is 10.5. The molecule has 0 N–H and O–H groups in total. The van der Waals surface area contributed by atoms with Crippen LogP contribution < -0.4 is 4.90 Å². The molecular formula is C25H19N3O5S. The lowest BCUT2D eigenvalue weighted by Crippen LogP contribution is -2.30. The molecule has 0 saturated carbocycles. The fraction of sp³-hybridized carbons (Fsp3) is 0.160. The number of anilines is 1. The average Bonchev–Trinajstić information content (AvgIpc) is 3.56. The summed E-state index contributed by atoms with van der Waals surface area (Å²) in [7, 11) is 0. The van der Waals surface area contributed by atoms with E-state index >= 15 is 0 Å². The van der Waals surface area contributed by atoms with Gasteiger partial charge in [-0.3, -0.25) is 9.59 Å². The first-order chi connectivity index (χ1) is 16.3. The summed E-state index contributed by atoms with van der Waals surface area (Å²) in [5.41, 5.74) is 2.81. The fourth-order valence-corrected chi connectivity index (χ4v) is 4.37. The first kappa shape index (κ1) is 21.7. The number of aromatic nitrogens is 2. The number of hydrogen-bond donors (Lipinski definition) is 0. The van der Waals surface area contributed by atoms with Crippen LogP contribution in [0.3, 0.4) is 0 Å². The van der Waals surface area contributed by atoms with Gasteiger partial charge < -0.3 is 9.15 Å². The number of nitrogens with zero attached hydrogens (tertiary/aromatic N) is 3. The first-order valence-corrected chi connectivity index (χ1v) is 11.4. The summed E-state index contributed by atoms with van der Waals surface area (Å²) in [6.07, 6.45) is -0.800. The van der Waals surface area contributed by atoms with E-state index in [2.05, 4.69) is 10.2 Å². The van der Waals surface area contributed by atoms with Crippen LogP contribution in [0.15, 0.2) is 58.3 Å². The molecule has 1 atom stereocenters. The van der Waals surface area contributed by atoms with Crippen LogP contribution in [0.5, 0.6) is 0 Å². The third kappa shape index (κ3) is 3.69. The maximum Gasteiger partial charge on any atom is 0.338 e. The molecule has 0 saturated heterocycles. The topological polar surface area (TPSA) is 103 Å². The van der Waals surface area contributed by atoms with Crippen LogP contribution in [-0.4, -0.2) is 28.0 Å². The monoisotopic (exact) mass is 473 g/mol. The second-order valence-electron chi connectivity index (χ2n) is 7.97. The van der Waals surface area contributed by atoms with E-state index in [-0.39, 0.29) is 22.6 Å². The number of carbonyl (C=O) groups is 3. The quantitative estimate of drug-likeness (QED) is 0.292. The van der Waals surface area contributed by atoms with E-state index in [1.807, 2.05) is 43.5 Å². The molecule has 0 bridgehead atoms. The highest BCUT2D eigenvalue weighted by molar-refractivity contribution is 7.13. The average molecular weight is 474 g/mol. The van der Waals surface area contributed by atoms with Crippen LogP contribution in [0.1, 0.15) is 61.1 Å². The van der Waals surface area contributed by atoms with Crippen molar-refractivity contribution in [3.8, 4) is 10.8 Å². The Balaban J connectivity index is 1.37. The highest BCUT2D eigenvalue weighted by atomic mass is 32.1. The molecular weight excluding hydrogens is 454 g/mol. The van der Waals surface area contributed by atoms with Crippen molar-refractivity contribution < 1.29 is 23.5 Å². The molecule has 1 aliphatic heterocycles. The summed E-state index contributed by atoms with van der Waals surface area (Å²) in [4.78, 5) is 40.8. The van der Waals surface area contributed by atoms with Gasteiger partial charge in [0, 0.05) is 0 Å². The lowest BCUT2D eigenvalue weighted by molar-refractivity contribution is 0.0279. The Morgan fingerprint density at radius 2 is 1.82 bits per heavy atom. The predicted molar refractivity (Wildman–Crippen MR) is 125 cm³/mol. The number of benzene rings is 2. The van der Waals surface area contributed by atoms with Gasteiger partial charge in [-0.05, 0) is 67.6 Å². The van der Waals surface area contributed by atoms with Gasteiger partial charge >= 0.3 is 5.97 Å². The number of carbonyl (C=O) groups excluding carboxylic acids is 3. The highest BCUT2D eigenvalue weighted by Crippen LogP contribution is 2.32. The zero-order chi connectivity index (χ0) is 24.0. The molecule has 1 unspecified atom stereocenters. The molecule has 0 fully saturated rings. The maximum atomic E-state index is 13.1. The summed E-state index contributed by atoms with van der Waals surface area (Å²) in [5.74, 6) is -1.06. The van der Waals surface area contributed by atoms with Gasteiger partial charge in [0.05, 0.1) is 27.3 Å². The molecule has 9 heteroatoms. The molecule has 34 heavy (non-hydrogen) atoms. The molecule has 8 nitrogen and oxygen atoms in total. The molecule has 0 aliphatic carbocycles. The molecule has 5 rings (SSSR count). The van der Waals surface area contributed by atoms with E-state index in [4.69, 9.17) is 9.15 Å². The summed E-state index contributed by atoms with van der Waals surface area (Å²) in [6, 6.07) is 13.6. The molecule has 4 aromatic rings. The Labute approximate surface area is 198 Å². The SMILES string of the molecule is Cc1ccc(C)c(N2C(=O)c3ccc(C(=O)OC(C)c4nnc(-c5cccs5)o4)cc3C2=O)c1. The Bertz CT molecular complexity index is 1440. The lowest BCUT2D eigenvalue weighted by atomic mass is 10.1. The van der Waals surface area contributed by atoms with Gasteiger partial charge in [0.15, 0.2) is 6.10 Å². The number of rotatable bonds is 5. The van der Waals surface area contributed by atoms with E-state index in [0.717, 1.165) is 20.9 Å². The third-order valence-electron chi connectivity index (χ3n) is 5.53. The lowest BCUT2D eigenvalue weighted by Gasteiger charge is -2.17. The molecule has 3 heterocycles. The number of thiophene rings is 1. The van der Waals surface area contributed by atoms with E-state index in [1.54, 1.807) is 13.0 Å². The van der Waals surface area contributed by atoms with Gasteiger partial charge in [-0.15, -0.1) is 21.5 Å². The van der Waals surface area contributed by atoms with Crippen molar-refractivity contribution in [2.75, 3.05) is 4.90 Å².